The largest absolute Gasteiger partial charge is 0.381 e. The monoisotopic (exact) mass is 371 g/mol. The first-order valence-corrected chi connectivity index (χ1v) is 6.54. The maximum atomic E-state index is 13.7. The molecule has 17 heavy (non-hydrogen) atoms. The molecule has 1 aromatic rings. The molecule has 0 bridgehead atoms. The number of benzene rings is 1. The van der Waals surface area contributed by atoms with E-state index in [1.54, 1.807) is 6.07 Å². The smallest absolute Gasteiger partial charge is 0.128 e. The molecule has 1 aromatic carbocycles. The van der Waals surface area contributed by atoms with Crippen molar-refractivity contribution >= 4 is 35.0 Å². The molecule has 1 fully saturated rings. The lowest BCUT2D eigenvalue weighted by Crippen LogP contribution is -2.28. The molecule has 0 amide bonds. The minimum Gasteiger partial charge on any atom is -0.381 e. The van der Waals surface area contributed by atoms with Crippen LogP contribution in [-0.2, 0) is 4.74 Å². The van der Waals surface area contributed by atoms with E-state index in [1.165, 1.54) is 6.07 Å². The SMILES string of the molecule is Cl.N[C@H](c1cc(I)ccc1F)C1CCOCC1. The zero-order valence-corrected chi connectivity index (χ0v) is 12.3. The minimum atomic E-state index is -0.210. The molecule has 1 heterocycles. The van der Waals surface area contributed by atoms with Crippen molar-refractivity contribution in [3.8, 4) is 0 Å². The van der Waals surface area contributed by atoms with Gasteiger partial charge < -0.3 is 10.5 Å². The zero-order valence-electron chi connectivity index (χ0n) is 9.36. The Morgan fingerprint density at radius 3 is 2.65 bits per heavy atom. The van der Waals surface area contributed by atoms with Crippen LogP contribution in [0.4, 0.5) is 4.39 Å². The predicted molar refractivity (Wildman–Crippen MR) is 76.8 cm³/mol. The van der Waals surface area contributed by atoms with E-state index in [9.17, 15) is 4.39 Å². The van der Waals surface area contributed by atoms with Crippen molar-refractivity contribution in [1.82, 2.24) is 0 Å². The van der Waals surface area contributed by atoms with Crippen molar-refractivity contribution in [3.63, 3.8) is 0 Å². The van der Waals surface area contributed by atoms with Gasteiger partial charge in [-0.05, 0) is 59.5 Å². The number of ether oxygens (including phenoxy) is 1. The summed E-state index contributed by atoms with van der Waals surface area (Å²) in [5.74, 6) is 0.140. The van der Waals surface area contributed by atoms with Crippen molar-refractivity contribution in [1.29, 1.82) is 0 Å². The third kappa shape index (κ3) is 3.77. The van der Waals surface area contributed by atoms with Gasteiger partial charge in [-0.15, -0.1) is 12.4 Å². The van der Waals surface area contributed by atoms with Crippen LogP contribution in [0.1, 0.15) is 24.4 Å². The number of nitrogens with two attached hydrogens (primary N) is 1. The Morgan fingerprint density at radius 1 is 1.35 bits per heavy atom. The van der Waals surface area contributed by atoms with Gasteiger partial charge in [0.25, 0.3) is 0 Å². The summed E-state index contributed by atoms with van der Waals surface area (Å²) in [6.07, 6.45) is 1.85. The Morgan fingerprint density at radius 2 is 2.00 bits per heavy atom. The Labute approximate surface area is 121 Å². The van der Waals surface area contributed by atoms with Gasteiger partial charge in [-0.2, -0.15) is 0 Å². The molecule has 0 unspecified atom stereocenters. The number of hydrogen-bond acceptors (Lipinski definition) is 2. The summed E-state index contributed by atoms with van der Waals surface area (Å²) >= 11 is 2.18. The fraction of sp³-hybridized carbons (Fsp3) is 0.500. The van der Waals surface area contributed by atoms with Crippen molar-refractivity contribution in [2.24, 2.45) is 11.7 Å². The summed E-state index contributed by atoms with van der Waals surface area (Å²) in [4.78, 5) is 0. The molecule has 96 valence electrons. The number of hydrogen-bond donors (Lipinski definition) is 1. The summed E-state index contributed by atoms with van der Waals surface area (Å²) in [7, 11) is 0. The third-order valence-electron chi connectivity index (χ3n) is 3.09. The van der Waals surface area contributed by atoms with Gasteiger partial charge in [-0.1, -0.05) is 0 Å². The van der Waals surface area contributed by atoms with Crippen LogP contribution in [-0.4, -0.2) is 13.2 Å². The molecule has 1 aliphatic rings. The van der Waals surface area contributed by atoms with Crippen molar-refractivity contribution in [3.05, 3.63) is 33.1 Å². The second kappa shape index (κ2) is 6.87. The Kier molecular flexibility index (Phi) is 6.12. The first-order valence-electron chi connectivity index (χ1n) is 5.47. The average Bonchev–Trinajstić information content (AvgIpc) is 2.32. The lowest BCUT2D eigenvalue weighted by Gasteiger charge is -2.28. The molecular formula is C12H16ClFINO. The highest BCUT2D eigenvalue weighted by Gasteiger charge is 2.24. The van der Waals surface area contributed by atoms with Crippen LogP contribution in [0.5, 0.6) is 0 Å². The molecule has 2 N–H and O–H groups in total. The molecule has 1 atom stereocenters. The summed E-state index contributed by atoms with van der Waals surface area (Å²) < 4.78 is 20.0. The van der Waals surface area contributed by atoms with Crippen LogP contribution in [0, 0.1) is 15.3 Å². The lowest BCUT2D eigenvalue weighted by atomic mass is 9.87. The van der Waals surface area contributed by atoms with E-state index in [2.05, 4.69) is 22.6 Å². The first kappa shape index (κ1) is 15.1. The van der Waals surface area contributed by atoms with Gasteiger partial charge in [0.15, 0.2) is 0 Å². The summed E-state index contributed by atoms with van der Waals surface area (Å²) in [5.41, 5.74) is 6.78. The fourth-order valence-corrected chi connectivity index (χ4v) is 2.61. The van der Waals surface area contributed by atoms with Gasteiger partial charge in [-0.3, -0.25) is 0 Å². The molecule has 5 heteroatoms. The zero-order chi connectivity index (χ0) is 11.5. The molecule has 0 aliphatic carbocycles. The normalized spacial score (nSPS) is 18.5. The second-order valence-electron chi connectivity index (χ2n) is 4.14. The molecule has 2 nitrogen and oxygen atoms in total. The van der Waals surface area contributed by atoms with Gasteiger partial charge in [-0.25, -0.2) is 4.39 Å². The van der Waals surface area contributed by atoms with Crippen molar-refractivity contribution < 1.29 is 9.13 Å². The second-order valence-corrected chi connectivity index (χ2v) is 5.39. The molecule has 0 aromatic heterocycles. The van der Waals surface area contributed by atoms with Crippen LogP contribution in [0.15, 0.2) is 18.2 Å². The summed E-state index contributed by atoms with van der Waals surface area (Å²) in [6.45, 7) is 1.48. The van der Waals surface area contributed by atoms with Crippen LogP contribution in [0.3, 0.4) is 0 Å². The van der Waals surface area contributed by atoms with E-state index in [1.807, 2.05) is 6.07 Å². The lowest BCUT2D eigenvalue weighted by molar-refractivity contribution is 0.0580. The standard InChI is InChI=1S/C12H15FINO.ClH/c13-11-2-1-9(14)7-10(11)12(15)8-3-5-16-6-4-8;/h1-2,7-8,12H,3-6,15H2;1H/t12-;/m0./s1. The van der Waals surface area contributed by atoms with E-state index in [0.29, 0.717) is 11.5 Å². The minimum absolute atomic E-state index is 0. The van der Waals surface area contributed by atoms with Crippen molar-refractivity contribution in [2.45, 2.75) is 18.9 Å². The van der Waals surface area contributed by atoms with Gasteiger partial charge in [0.1, 0.15) is 5.82 Å². The van der Waals surface area contributed by atoms with Crippen LogP contribution in [0.2, 0.25) is 0 Å². The number of rotatable bonds is 2. The molecule has 0 saturated carbocycles. The molecule has 1 aliphatic heterocycles. The highest BCUT2D eigenvalue weighted by molar-refractivity contribution is 14.1. The third-order valence-corrected chi connectivity index (χ3v) is 3.76. The predicted octanol–water partition coefficient (Wildman–Crippen LogP) is 3.28. The maximum Gasteiger partial charge on any atom is 0.128 e. The Balaban J connectivity index is 0.00000144. The van der Waals surface area contributed by atoms with E-state index >= 15 is 0 Å². The van der Waals surface area contributed by atoms with E-state index < -0.39 is 0 Å². The summed E-state index contributed by atoms with van der Waals surface area (Å²) in [5, 5.41) is 0. The maximum absolute atomic E-state index is 13.7. The Bertz CT molecular complexity index is 372. The highest BCUT2D eigenvalue weighted by Crippen LogP contribution is 2.30. The van der Waals surface area contributed by atoms with Gasteiger partial charge >= 0.3 is 0 Å². The van der Waals surface area contributed by atoms with Crippen molar-refractivity contribution in [2.75, 3.05) is 13.2 Å². The summed E-state index contributed by atoms with van der Waals surface area (Å²) in [6, 6.07) is 4.89. The van der Waals surface area contributed by atoms with Crippen LogP contribution >= 0.6 is 35.0 Å². The van der Waals surface area contributed by atoms with Crippen LogP contribution < -0.4 is 5.73 Å². The van der Waals surface area contributed by atoms with E-state index in [0.717, 1.165) is 29.6 Å². The molecular weight excluding hydrogens is 355 g/mol. The van der Waals surface area contributed by atoms with Gasteiger partial charge in [0, 0.05) is 28.4 Å². The number of halogens is 3. The first-order chi connectivity index (χ1) is 7.68. The Hall–Kier alpha value is 0.0900. The van der Waals surface area contributed by atoms with Crippen LogP contribution in [0.25, 0.3) is 0 Å². The van der Waals surface area contributed by atoms with E-state index in [-0.39, 0.29) is 24.3 Å². The molecule has 1 saturated heterocycles. The quantitative estimate of drug-likeness (QED) is 0.810. The average molecular weight is 372 g/mol. The molecule has 2 rings (SSSR count). The van der Waals surface area contributed by atoms with Gasteiger partial charge in [0.05, 0.1) is 0 Å². The molecule has 0 spiro atoms. The van der Waals surface area contributed by atoms with E-state index in [4.69, 9.17) is 10.5 Å². The molecule has 0 radical (unpaired) electrons. The topological polar surface area (TPSA) is 35.2 Å². The van der Waals surface area contributed by atoms with Gasteiger partial charge in [0.2, 0.25) is 0 Å². The highest BCUT2D eigenvalue weighted by atomic mass is 127. The fourth-order valence-electron chi connectivity index (χ4n) is 2.10.